The lowest BCUT2D eigenvalue weighted by Crippen LogP contribution is -1.97. The maximum absolute atomic E-state index is 11.5. The van der Waals surface area contributed by atoms with Crippen LogP contribution >= 0.6 is 0 Å². The van der Waals surface area contributed by atoms with Crippen molar-refractivity contribution < 1.29 is 23.5 Å². The smallest absolute Gasteiger partial charge is 0.343 e. The van der Waals surface area contributed by atoms with Gasteiger partial charge >= 0.3 is 5.97 Å². The molecular formula is C25H30O5. The van der Waals surface area contributed by atoms with Crippen LogP contribution in [0.25, 0.3) is 0 Å². The summed E-state index contributed by atoms with van der Waals surface area (Å²) < 4.78 is 15.8. The normalized spacial score (nSPS) is 17.1. The average Bonchev–Trinajstić information content (AvgIpc) is 3.43. The molecule has 0 amide bonds. The lowest BCUT2D eigenvalue weighted by Gasteiger charge is -2.07. The monoisotopic (exact) mass is 410 g/mol. The third kappa shape index (κ3) is 6.02. The summed E-state index contributed by atoms with van der Waals surface area (Å²) in [7, 11) is 0. The molecule has 0 spiro atoms. The Balaban J connectivity index is 1.37. The molecule has 1 atom stereocenters. The molecule has 2 aromatic heterocycles. The van der Waals surface area contributed by atoms with Crippen LogP contribution in [0.4, 0.5) is 0 Å². The van der Waals surface area contributed by atoms with Gasteiger partial charge in [0.25, 0.3) is 0 Å². The van der Waals surface area contributed by atoms with Crippen LogP contribution in [0.5, 0.6) is 0 Å². The standard InChI is InChI=1S/C25H30O5/c1-17(6-4-8-18(2)12-23-24(26)19(3)25(27)30-23)7-5-9-20-13-22(29-16-20)14-21-10-11-28-15-21/h6,10-13,15-16,18,26H,4-5,7-9,14H2,1-3H3/t18-/m0/s1. The highest BCUT2D eigenvalue weighted by Gasteiger charge is 2.26. The van der Waals surface area contributed by atoms with Gasteiger partial charge in [-0.15, -0.1) is 0 Å². The van der Waals surface area contributed by atoms with Crippen molar-refractivity contribution in [1.29, 1.82) is 0 Å². The third-order valence-electron chi connectivity index (χ3n) is 5.35. The fourth-order valence-corrected chi connectivity index (χ4v) is 3.47. The van der Waals surface area contributed by atoms with Crippen LogP contribution in [-0.4, -0.2) is 11.1 Å². The van der Waals surface area contributed by atoms with Crippen LogP contribution in [0.2, 0.25) is 0 Å². The number of carbonyl (C=O) groups is 1. The first-order valence-corrected chi connectivity index (χ1v) is 10.5. The molecule has 5 heteroatoms. The predicted molar refractivity (Wildman–Crippen MR) is 115 cm³/mol. The Morgan fingerprint density at radius 1 is 1.27 bits per heavy atom. The Bertz CT molecular complexity index is 940. The first-order valence-electron chi connectivity index (χ1n) is 10.5. The van der Waals surface area contributed by atoms with Crippen LogP contribution in [0.15, 0.2) is 74.6 Å². The van der Waals surface area contributed by atoms with E-state index in [0.717, 1.165) is 49.8 Å². The van der Waals surface area contributed by atoms with Crippen molar-refractivity contribution in [1.82, 2.24) is 0 Å². The summed E-state index contributed by atoms with van der Waals surface area (Å²) >= 11 is 0. The number of ether oxygens (including phenoxy) is 1. The highest BCUT2D eigenvalue weighted by Crippen LogP contribution is 2.26. The summed E-state index contributed by atoms with van der Waals surface area (Å²) in [5.74, 6) is 0.965. The largest absolute Gasteiger partial charge is 0.504 e. The first kappa shape index (κ1) is 21.8. The van der Waals surface area contributed by atoms with Crippen LogP contribution in [0.1, 0.15) is 63.3 Å². The van der Waals surface area contributed by atoms with Crippen LogP contribution < -0.4 is 0 Å². The van der Waals surface area contributed by atoms with Crippen molar-refractivity contribution in [2.75, 3.05) is 0 Å². The summed E-state index contributed by atoms with van der Waals surface area (Å²) in [5, 5.41) is 9.89. The highest BCUT2D eigenvalue weighted by molar-refractivity contribution is 5.93. The molecule has 3 rings (SSSR count). The van der Waals surface area contributed by atoms with E-state index in [1.165, 1.54) is 11.1 Å². The molecule has 0 unspecified atom stereocenters. The Kier molecular flexibility index (Phi) is 7.39. The molecule has 0 aliphatic carbocycles. The Morgan fingerprint density at radius 2 is 2.10 bits per heavy atom. The molecule has 1 aliphatic rings. The van der Waals surface area contributed by atoms with Gasteiger partial charge in [0.1, 0.15) is 5.76 Å². The van der Waals surface area contributed by atoms with Crippen molar-refractivity contribution in [2.45, 2.75) is 59.3 Å². The maximum Gasteiger partial charge on any atom is 0.343 e. The minimum absolute atomic E-state index is 0.0363. The molecule has 0 radical (unpaired) electrons. The topological polar surface area (TPSA) is 72.8 Å². The summed E-state index contributed by atoms with van der Waals surface area (Å²) in [4.78, 5) is 11.5. The van der Waals surface area contributed by atoms with Crippen LogP contribution in [-0.2, 0) is 22.4 Å². The second-order valence-electron chi connectivity index (χ2n) is 8.08. The van der Waals surface area contributed by atoms with Crippen molar-refractivity contribution in [2.24, 2.45) is 5.92 Å². The molecule has 0 aromatic carbocycles. The lowest BCUT2D eigenvalue weighted by molar-refractivity contribution is -0.133. The van der Waals surface area contributed by atoms with Gasteiger partial charge in [0.05, 0.1) is 24.4 Å². The van der Waals surface area contributed by atoms with E-state index < -0.39 is 5.97 Å². The van der Waals surface area contributed by atoms with E-state index in [-0.39, 0.29) is 23.0 Å². The van der Waals surface area contributed by atoms with Crippen LogP contribution in [0, 0.1) is 5.92 Å². The third-order valence-corrected chi connectivity index (χ3v) is 5.35. The average molecular weight is 411 g/mol. The number of cyclic esters (lactones) is 1. The van der Waals surface area contributed by atoms with Crippen molar-refractivity contribution >= 4 is 5.97 Å². The van der Waals surface area contributed by atoms with Gasteiger partial charge in [0, 0.05) is 6.42 Å². The van der Waals surface area contributed by atoms with E-state index >= 15 is 0 Å². The zero-order valence-corrected chi connectivity index (χ0v) is 17.9. The second-order valence-corrected chi connectivity index (χ2v) is 8.08. The fraction of sp³-hybridized carbons (Fsp3) is 0.400. The molecule has 5 nitrogen and oxygen atoms in total. The number of carbonyl (C=O) groups excluding carboxylic acids is 1. The number of furan rings is 2. The minimum atomic E-state index is -0.465. The van der Waals surface area contributed by atoms with E-state index in [1.807, 2.05) is 18.4 Å². The van der Waals surface area contributed by atoms with E-state index in [0.29, 0.717) is 0 Å². The molecule has 1 N–H and O–H groups in total. The van der Waals surface area contributed by atoms with Gasteiger partial charge in [-0.05, 0) is 81.2 Å². The number of rotatable bonds is 10. The Labute approximate surface area is 177 Å². The number of aliphatic hydroxyl groups is 1. The zero-order chi connectivity index (χ0) is 21.5. The predicted octanol–water partition coefficient (Wildman–Crippen LogP) is 6.42. The number of aliphatic hydroxyl groups excluding tert-OH is 1. The van der Waals surface area contributed by atoms with Gasteiger partial charge in [0.2, 0.25) is 0 Å². The van der Waals surface area contributed by atoms with Gasteiger partial charge in [-0.2, -0.15) is 0 Å². The molecule has 0 saturated heterocycles. The van der Waals surface area contributed by atoms with E-state index in [2.05, 4.69) is 26.0 Å². The highest BCUT2D eigenvalue weighted by atomic mass is 16.6. The maximum atomic E-state index is 11.5. The van der Waals surface area contributed by atoms with Gasteiger partial charge in [0.15, 0.2) is 11.5 Å². The number of hydrogen-bond donors (Lipinski definition) is 1. The summed E-state index contributed by atoms with van der Waals surface area (Å²) in [5.41, 5.74) is 4.00. The molecular weight excluding hydrogens is 380 g/mol. The Morgan fingerprint density at radius 3 is 2.80 bits per heavy atom. The van der Waals surface area contributed by atoms with E-state index in [9.17, 15) is 9.90 Å². The fourth-order valence-electron chi connectivity index (χ4n) is 3.47. The van der Waals surface area contributed by atoms with Crippen LogP contribution in [0.3, 0.4) is 0 Å². The molecule has 0 saturated carbocycles. The molecule has 1 aliphatic heterocycles. The lowest BCUT2D eigenvalue weighted by atomic mass is 10.0. The quantitative estimate of drug-likeness (QED) is 0.361. The Hall–Kier alpha value is -2.95. The summed E-state index contributed by atoms with van der Waals surface area (Å²) in [6, 6.07) is 4.08. The van der Waals surface area contributed by atoms with Gasteiger partial charge in [-0.3, -0.25) is 0 Å². The molecule has 0 fully saturated rings. The molecule has 160 valence electrons. The molecule has 0 bridgehead atoms. The first-order chi connectivity index (χ1) is 14.4. The number of aryl methyl sites for hydroxylation is 1. The summed E-state index contributed by atoms with van der Waals surface area (Å²) in [6.45, 7) is 5.80. The van der Waals surface area contributed by atoms with Gasteiger partial charge in [-0.25, -0.2) is 4.79 Å². The SMILES string of the molecule is CC(=CCC[C@H](C)C=C1OC(=O)C(C)=C1O)CCCc1coc(Cc2ccoc2)c1. The van der Waals surface area contributed by atoms with E-state index in [4.69, 9.17) is 13.6 Å². The minimum Gasteiger partial charge on any atom is -0.504 e. The van der Waals surface area contributed by atoms with Crippen molar-refractivity contribution in [3.05, 3.63) is 82.6 Å². The van der Waals surface area contributed by atoms with Crippen molar-refractivity contribution in [3.63, 3.8) is 0 Å². The van der Waals surface area contributed by atoms with Crippen molar-refractivity contribution in [3.8, 4) is 0 Å². The van der Waals surface area contributed by atoms with E-state index in [1.54, 1.807) is 19.5 Å². The van der Waals surface area contributed by atoms with Gasteiger partial charge < -0.3 is 18.7 Å². The number of esters is 1. The molecule has 3 heterocycles. The number of allylic oxidation sites excluding steroid dienone is 3. The zero-order valence-electron chi connectivity index (χ0n) is 17.9. The summed E-state index contributed by atoms with van der Waals surface area (Å²) in [6.07, 6.45) is 15.2. The molecule has 30 heavy (non-hydrogen) atoms. The van der Waals surface area contributed by atoms with Gasteiger partial charge in [-0.1, -0.05) is 18.6 Å². The number of hydrogen-bond acceptors (Lipinski definition) is 5. The second kappa shape index (κ2) is 10.2. The molecule has 2 aromatic rings.